The predicted octanol–water partition coefficient (Wildman–Crippen LogP) is 3.28. The van der Waals surface area contributed by atoms with Crippen molar-refractivity contribution in [1.82, 2.24) is 14.1 Å². The summed E-state index contributed by atoms with van der Waals surface area (Å²) < 4.78 is 27.2. The van der Waals surface area contributed by atoms with Crippen LogP contribution in [0.5, 0.6) is 0 Å². The highest BCUT2D eigenvalue weighted by Crippen LogP contribution is 2.27. The summed E-state index contributed by atoms with van der Waals surface area (Å²) in [4.78, 5) is 17.4. The average molecular weight is 433 g/mol. The number of imidazole rings is 1. The maximum atomic E-state index is 12.8. The lowest BCUT2D eigenvalue weighted by atomic mass is 10.2. The molecule has 3 aromatic rings. The number of nitrogens with two attached hydrogens (primary N) is 1. The van der Waals surface area contributed by atoms with Crippen LogP contribution in [0.3, 0.4) is 0 Å². The number of nitrogens with zero attached hydrogens (tertiary/aromatic N) is 3. The topological polar surface area (TPSA) is 100.0 Å². The molecule has 0 fully saturated rings. The molecule has 0 aliphatic rings. The highest BCUT2D eigenvalue weighted by molar-refractivity contribution is 7.99. The summed E-state index contributed by atoms with van der Waals surface area (Å²) in [7, 11) is -3.80. The Hall–Kier alpha value is -2.36. The molecule has 29 heavy (non-hydrogen) atoms. The first-order valence-electron chi connectivity index (χ1n) is 9.14. The van der Waals surface area contributed by atoms with Gasteiger partial charge in [-0.1, -0.05) is 17.8 Å². The summed E-state index contributed by atoms with van der Waals surface area (Å²) >= 11 is 1.34. The Morgan fingerprint density at radius 1 is 1.28 bits per heavy atom. The maximum Gasteiger partial charge on any atom is 0.238 e. The first kappa shape index (κ1) is 21.4. The van der Waals surface area contributed by atoms with Crippen LogP contribution in [0.4, 0.5) is 0 Å². The molecule has 7 nitrogen and oxygen atoms in total. The number of aromatic nitrogens is 3. The van der Waals surface area contributed by atoms with Gasteiger partial charge in [-0.05, 0) is 45.0 Å². The molecule has 0 atom stereocenters. The predicted molar refractivity (Wildman–Crippen MR) is 116 cm³/mol. The van der Waals surface area contributed by atoms with Crippen molar-refractivity contribution in [2.24, 2.45) is 5.14 Å². The van der Waals surface area contributed by atoms with Crippen molar-refractivity contribution in [1.29, 1.82) is 0 Å². The van der Waals surface area contributed by atoms with Gasteiger partial charge < -0.3 is 9.13 Å². The van der Waals surface area contributed by atoms with Crippen molar-refractivity contribution in [3.8, 4) is 0 Å². The van der Waals surface area contributed by atoms with Gasteiger partial charge in [0.25, 0.3) is 0 Å². The molecular weight excluding hydrogens is 408 g/mol. The molecule has 0 radical (unpaired) electrons. The van der Waals surface area contributed by atoms with Crippen LogP contribution in [0.2, 0.25) is 0 Å². The van der Waals surface area contributed by atoms with Crippen LogP contribution in [0.25, 0.3) is 11.0 Å². The molecule has 2 aromatic heterocycles. The van der Waals surface area contributed by atoms with E-state index in [1.165, 1.54) is 23.9 Å². The number of hydrogen-bond acceptors (Lipinski definition) is 5. The average Bonchev–Trinajstić information content (AvgIpc) is 3.16. The zero-order chi connectivity index (χ0) is 21.3. The number of Topliss-reactive ketones (excluding diaryl/α,β-unsaturated/α-hetero) is 1. The molecule has 154 valence electrons. The fourth-order valence-electron chi connectivity index (χ4n) is 3.38. The van der Waals surface area contributed by atoms with Crippen molar-refractivity contribution < 1.29 is 13.2 Å². The second kappa shape index (κ2) is 8.17. The van der Waals surface area contributed by atoms with Gasteiger partial charge in [0.15, 0.2) is 10.9 Å². The normalized spacial score (nSPS) is 11.9. The molecule has 0 aliphatic heterocycles. The van der Waals surface area contributed by atoms with E-state index in [1.54, 1.807) is 6.07 Å². The number of benzene rings is 1. The van der Waals surface area contributed by atoms with Crippen LogP contribution >= 0.6 is 11.8 Å². The lowest BCUT2D eigenvalue weighted by Gasteiger charge is -2.07. The molecule has 0 spiro atoms. The number of primary sulfonamides is 1. The number of ketones is 1. The summed E-state index contributed by atoms with van der Waals surface area (Å²) in [6.07, 6.45) is 1.81. The van der Waals surface area contributed by atoms with Gasteiger partial charge in [-0.15, -0.1) is 6.58 Å². The minimum absolute atomic E-state index is 0.0213. The molecule has 0 bridgehead atoms. The van der Waals surface area contributed by atoms with Crippen LogP contribution in [-0.2, 0) is 23.1 Å². The molecule has 0 unspecified atom stereocenters. The molecule has 0 amide bonds. The molecule has 0 saturated carbocycles. The highest BCUT2D eigenvalue weighted by atomic mass is 32.2. The fourth-order valence-corrected chi connectivity index (χ4v) is 4.88. The number of sulfonamides is 1. The third-order valence-electron chi connectivity index (χ3n) is 4.85. The van der Waals surface area contributed by atoms with E-state index in [-0.39, 0.29) is 16.4 Å². The Kier molecular flexibility index (Phi) is 6.02. The lowest BCUT2D eigenvalue weighted by Crippen LogP contribution is -2.11. The summed E-state index contributed by atoms with van der Waals surface area (Å²) in [5.41, 5.74) is 3.99. The first-order chi connectivity index (χ1) is 13.7. The number of allylic oxidation sites excluding steroid dienone is 1. The van der Waals surface area contributed by atoms with Crippen molar-refractivity contribution >= 4 is 38.6 Å². The number of carbonyl (C=O) groups is 1. The van der Waals surface area contributed by atoms with Gasteiger partial charge in [0.2, 0.25) is 10.0 Å². The van der Waals surface area contributed by atoms with Gasteiger partial charge in [0.1, 0.15) is 0 Å². The van der Waals surface area contributed by atoms with E-state index in [1.807, 2.05) is 37.5 Å². The summed E-state index contributed by atoms with van der Waals surface area (Å²) in [5.74, 6) is 0.266. The van der Waals surface area contributed by atoms with Crippen molar-refractivity contribution in [3.63, 3.8) is 0 Å². The van der Waals surface area contributed by atoms with E-state index in [4.69, 9.17) is 5.14 Å². The highest BCUT2D eigenvalue weighted by Gasteiger charge is 2.18. The number of hydrogen-bond donors (Lipinski definition) is 1. The third kappa shape index (κ3) is 4.17. The van der Waals surface area contributed by atoms with Gasteiger partial charge in [-0.25, -0.2) is 18.5 Å². The maximum absolute atomic E-state index is 12.8. The van der Waals surface area contributed by atoms with E-state index in [0.29, 0.717) is 29.3 Å². The molecule has 0 saturated heterocycles. The van der Waals surface area contributed by atoms with Crippen molar-refractivity contribution in [2.75, 3.05) is 5.75 Å². The van der Waals surface area contributed by atoms with Crippen LogP contribution in [-0.4, -0.2) is 34.1 Å². The molecule has 0 aliphatic carbocycles. The Morgan fingerprint density at radius 3 is 2.62 bits per heavy atom. The minimum Gasteiger partial charge on any atom is -0.345 e. The molecule has 2 heterocycles. The Labute approximate surface area is 174 Å². The van der Waals surface area contributed by atoms with Gasteiger partial charge >= 0.3 is 0 Å². The SMILES string of the molecule is C=CCn1c(C)cc(C(=O)CSc2nc3cc(S(N)(=O)=O)ccc3n2CC)c1C. The Balaban J connectivity index is 1.88. The van der Waals surface area contributed by atoms with E-state index >= 15 is 0 Å². The number of aryl methyl sites for hydroxylation is 2. The molecule has 2 N–H and O–H groups in total. The van der Waals surface area contributed by atoms with Gasteiger partial charge in [-0.2, -0.15) is 0 Å². The van der Waals surface area contributed by atoms with Crippen molar-refractivity contribution in [3.05, 3.63) is 53.9 Å². The molecule has 1 aromatic carbocycles. The van der Waals surface area contributed by atoms with E-state index in [2.05, 4.69) is 16.1 Å². The standard InChI is InChI=1S/C20H24N4O3S2/c1-5-9-24-13(3)10-16(14(24)4)19(25)12-28-20-22-17-11-15(29(21,26)27)7-8-18(17)23(20)6-2/h5,7-8,10-11H,1,6,9,12H2,2-4H3,(H2,21,26,27). The molecule has 9 heteroatoms. The van der Waals surface area contributed by atoms with Crippen LogP contribution < -0.4 is 5.14 Å². The Bertz CT molecular complexity index is 1210. The van der Waals surface area contributed by atoms with Crippen molar-refractivity contribution in [2.45, 2.75) is 43.9 Å². The fraction of sp³-hybridized carbons (Fsp3) is 0.300. The minimum atomic E-state index is -3.80. The van der Waals surface area contributed by atoms with Gasteiger partial charge in [0.05, 0.1) is 21.7 Å². The molecular formula is C20H24N4O3S2. The second-order valence-corrected chi connectivity index (χ2v) is 9.23. The van der Waals surface area contributed by atoms with E-state index < -0.39 is 10.0 Å². The third-order valence-corrected chi connectivity index (χ3v) is 6.73. The number of thioether (sulfide) groups is 1. The zero-order valence-electron chi connectivity index (χ0n) is 16.7. The lowest BCUT2D eigenvalue weighted by molar-refractivity contribution is 0.102. The summed E-state index contributed by atoms with van der Waals surface area (Å²) in [5, 5.41) is 5.89. The Morgan fingerprint density at radius 2 is 2.00 bits per heavy atom. The summed E-state index contributed by atoms with van der Waals surface area (Å²) in [6.45, 7) is 11.0. The second-order valence-electron chi connectivity index (χ2n) is 6.73. The quantitative estimate of drug-likeness (QED) is 0.334. The number of carbonyl (C=O) groups excluding carboxylic acids is 1. The summed E-state index contributed by atoms with van der Waals surface area (Å²) in [6, 6.07) is 6.54. The first-order valence-corrected chi connectivity index (χ1v) is 11.7. The zero-order valence-corrected chi connectivity index (χ0v) is 18.3. The van der Waals surface area contributed by atoms with Crippen LogP contribution in [0.1, 0.15) is 28.7 Å². The van der Waals surface area contributed by atoms with Gasteiger partial charge in [-0.3, -0.25) is 4.79 Å². The molecule has 3 rings (SSSR count). The smallest absolute Gasteiger partial charge is 0.238 e. The van der Waals surface area contributed by atoms with E-state index in [0.717, 1.165) is 16.9 Å². The largest absolute Gasteiger partial charge is 0.345 e. The number of rotatable bonds is 8. The van der Waals surface area contributed by atoms with Gasteiger partial charge in [0, 0.05) is 30.0 Å². The number of fused-ring (bicyclic) bond motifs is 1. The monoisotopic (exact) mass is 432 g/mol. The van der Waals surface area contributed by atoms with Crippen LogP contribution in [0.15, 0.2) is 47.0 Å². The van der Waals surface area contributed by atoms with E-state index in [9.17, 15) is 13.2 Å². The van der Waals surface area contributed by atoms with Crippen LogP contribution in [0, 0.1) is 13.8 Å².